The Hall–Kier alpha value is -2.18. The summed E-state index contributed by atoms with van der Waals surface area (Å²) in [6, 6.07) is 11.7. The molecule has 31 heavy (non-hydrogen) atoms. The summed E-state index contributed by atoms with van der Waals surface area (Å²) in [5.41, 5.74) is 2.12. The van der Waals surface area contributed by atoms with Crippen LogP contribution in [0.1, 0.15) is 44.6 Å². The average molecular weight is 440 g/mol. The van der Waals surface area contributed by atoms with Gasteiger partial charge < -0.3 is 9.47 Å². The summed E-state index contributed by atoms with van der Waals surface area (Å²) < 4.78 is 16.4. The SMILES string of the molecule is Fc1cccc2c1ccn2C1CCC(N2C3CCN(c4cnnc(Cl)c4)CC2C3)CC1. The fourth-order valence-electron chi connectivity index (χ4n) is 6.24. The first kappa shape index (κ1) is 19.5. The van der Waals surface area contributed by atoms with Crippen LogP contribution in [-0.2, 0) is 0 Å². The fourth-order valence-corrected chi connectivity index (χ4v) is 6.40. The molecule has 0 radical (unpaired) electrons. The molecule has 2 aromatic heterocycles. The highest BCUT2D eigenvalue weighted by Crippen LogP contribution is 2.42. The average Bonchev–Trinajstić information content (AvgIpc) is 2.97. The summed E-state index contributed by atoms with van der Waals surface area (Å²) in [6.07, 6.45) is 11.2. The van der Waals surface area contributed by atoms with Crippen molar-refractivity contribution in [3.05, 3.63) is 53.7 Å². The van der Waals surface area contributed by atoms with Gasteiger partial charge in [-0.1, -0.05) is 17.7 Å². The van der Waals surface area contributed by atoms with Gasteiger partial charge in [0.2, 0.25) is 0 Å². The molecule has 0 amide bonds. The highest BCUT2D eigenvalue weighted by molar-refractivity contribution is 6.29. The summed E-state index contributed by atoms with van der Waals surface area (Å²) >= 11 is 6.07. The molecule has 4 fully saturated rings. The fraction of sp³-hybridized carbons (Fsp3) is 0.500. The maximum absolute atomic E-state index is 14.1. The second kappa shape index (κ2) is 7.75. The van der Waals surface area contributed by atoms with Crippen molar-refractivity contribution in [2.75, 3.05) is 18.0 Å². The number of halogens is 2. The van der Waals surface area contributed by atoms with Crippen molar-refractivity contribution >= 4 is 28.2 Å². The number of rotatable bonds is 3. The minimum absolute atomic E-state index is 0.121. The Morgan fingerprint density at radius 1 is 0.968 bits per heavy atom. The van der Waals surface area contributed by atoms with Gasteiger partial charge in [-0.25, -0.2) is 4.39 Å². The first-order valence-corrected chi connectivity index (χ1v) is 11.8. The van der Waals surface area contributed by atoms with Gasteiger partial charge in [0.25, 0.3) is 0 Å². The normalized spacial score (nSPS) is 29.0. The predicted molar refractivity (Wildman–Crippen MR) is 121 cm³/mol. The third kappa shape index (κ3) is 3.40. The molecule has 2 unspecified atom stereocenters. The second-order valence-electron chi connectivity index (χ2n) is 9.32. The minimum Gasteiger partial charge on any atom is -0.369 e. The summed E-state index contributed by atoms with van der Waals surface area (Å²) in [5.74, 6) is -0.121. The van der Waals surface area contributed by atoms with Gasteiger partial charge in [0.15, 0.2) is 5.15 Å². The minimum atomic E-state index is -0.121. The molecule has 7 rings (SSSR count). The zero-order chi connectivity index (χ0) is 20.9. The zero-order valence-electron chi connectivity index (χ0n) is 17.5. The number of benzene rings is 1. The molecule has 1 saturated carbocycles. The van der Waals surface area contributed by atoms with E-state index in [4.69, 9.17) is 11.6 Å². The van der Waals surface area contributed by atoms with Crippen LogP contribution in [0.25, 0.3) is 10.9 Å². The van der Waals surface area contributed by atoms with Crippen LogP contribution in [0, 0.1) is 5.82 Å². The number of hydrogen-bond acceptors (Lipinski definition) is 4. The van der Waals surface area contributed by atoms with Crippen molar-refractivity contribution in [1.82, 2.24) is 19.7 Å². The van der Waals surface area contributed by atoms with Crippen LogP contribution >= 0.6 is 11.6 Å². The summed E-state index contributed by atoms with van der Waals surface area (Å²) in [6.45, 7) is 2.09. The van der Waals surface area contributed by atoms with Gasteiger partial charge in [-0.2, -0.15) is 5.10 Å². The maximum atomic E-state index is 14.1. The smallest absolute Gasteiger partial charge is 0.153 e. The van der Waals surface area contributed by atoms with Crippen LogP contribution in [0.5, 0.6) is 0 Å². The molecule has 3 aliphatic heterocycles. The van der Waals surface area contributed by atoms with Crippen LogP contribution in [0.2, 0.25) is 5.15 Å². The van der Waals surface area contributed by atoms with E-state index in [9.17, 15) is 4.39 Å². The van der Waals surface area contributed by atoms with E-state index < -0.39 is 0 Å². The number of fused-ring (bicyclic) bond motifs is 4. The lowest BCUT2D eigenvalue weighted by molar-refractivity contribution is -0.0308. The quantitative estimate of drug-likeness (QED) is 0.571. The van der Waals surface area contributed by atoms with Crippen molar-refractivity contribution in [1.29, 1.82) is 0 Å². The van der Waals surface area contributed by atoms with Crippen LogP contribution in [0.3, 0.4) is 0 Å². The molecule has 1 aliphatic carbocycles. The Kier molecular flexibility index (Phi) is 4.87. The lowest BCUT2D eigenvalue weighted by Gasteiger charge is -2.53. The van der Waals surface area contributed by atoms with Gasteiger partial charge in [-0.3, -0.25) is 4.90 Å². The maximum Gasteiger partial charge on any atom is 0.153 e. The molecule has 1 aromatic carbocycles. The summed E-state index contributed by atoms with van der Waals surface area (Å²) in [7, 11) is 0. The van der Waals surface area contributed by atoms with Crippen LogP contribution in [0.4, 0.5) is 10.1 Å². The number of nitrogens with zero attached hydrogens (tertiary/aromatic N) is 5. The largest absolute Gasteiger partial charge is 0.369 e. The van der Waals surface area contributed by atoms with Crippen molar-refractivity contribution in [3.8, 4) is 0 Å². The lowest BCUT2D eigenvalue weighted by atomic mass is 9.82. The van der Waals surface area contributed by atoms with E-state index in [1.54, 1.807) is 6.07 Å². The number of aromatic nitrogens is 3. The molecule has 3 aromatic rings. The third-order valence-corrected chi connectivity index (χ3v) is 7.90. The van der Waals surface area contributed by atoms with Crippen LogP contribution in [0.15, 0.2) is 42.7 Å². The van der Waals surface area contributed by atoms with Crippen molar-refractivity contribution < 1.29 is 4.39 Å². The van der Waals surface area contributed by atoms with Crippen LogP contribution in [-0.4, -0.2) is 50.9 Å². The molecule has 7 heteroatoms. The van der Waals surface area contributed by atoms with Gasteiger partial charge in [0, 0.05) is 54.9 Å². The van der Waals surface area contributed by atoms with E-state index in [1.807, 2.05) is 30.5 Å². The first-order chi connectivity index (χ1) is 15.2. The van der Waals surface area contributed by atoms with Gasteiger partial charge in [0.1, 0.15) is 5.82 Å². The van der Waals surface area contributed by atoms with Gasteiger partial charge in [0.05, 0.1) is 17.4 Å². The van der Waals surface area contributed by atoms with E-state index in [0.29, 0.717) is 29.3 Å². The summed E-state index contributed by atoms with van der Waals surface area (Å²) in [5, 5.41) is 9.12. The third-order valence-electron chi connectivity index (χ3n) is 7.72. The highest BCUT2D eigenvalue weighted by atomic mass is 35.5. The standard InChI is InChI=1S/C24H27ClFN5/c25-24-13-19(14-27-28-24)29-10-8-18-12-20(15-29)31(18)17-6-4-16(5-7-17)30-11-9-21-22(26)2-1-3-23(21)30/h1-3,9,11,13-14,16-18,20H,4-8,10,12,15H2. The topological polar surface area (TPSA) is 37.2 Å². The van der Waals surface area contributed by atoms with E-state index in [-0.39, 0.29) is 5.82 Å². The van der Waals surface area contributed by atoms with E-state index in [2.05, 4.69) is 30.8 Å². The molecule has 0 spiro atoms. The van der Waals surface area contributed by atoms with E-state index in [1.165, 1.54) is 25.7 Å². The highest BCUT2D eigenvalue weighted by Gasteiger charge is 2.46. The molecule has 2 atom stereocenters. The number of anilines is 1. The van der Waals surface area contributed by atoms with E-state index >= 15 is 0 Å². The van der Waals surface area contributed by atoms with Gasteiger partial charge in [-0.15, -0.1) is 5.10 Å². The Morgan fingerprint density at radius 3 is 2.65 bits per heavy atom. The molecule has 162 valence electrons. The van der Waals surface area contributed by atoms with Crippen molar-refractivity contribution in [2.45, 2.75) is 62.7 Å². The molecule has 2 bridgehead atoms. The van der Waals surface area contributed by atoms with Crippen molar-refractivity contribution in [3.63, 3.8) is 0 Å². The van der Waals surface area contributed by atoms with Crippen molar-refractivity contribution in [2.24, 2.45) is 0 Å². The Morgan fingerprint density at radius 2 is 1.81 bits per heavy atom. The lowest BCUT2D eigenvalue weighted by Crippen LogP contribution is -2.61. The molecule has 3 saturated heterocycles. The van der Waals surface area contributed by atoms with Gasteiger partial charge in [-0.05, 0) is 56.7 Å². The monoisotopic (exact) mass is 439 g/mol. The summed E-state index contributed by atoms with van der Waals surface area (Å²) in [4.78, 5) is 5.23. The van der Waals surface area contributed by atoms with Crippen LogP contribution < -0.4 is 4.90 Å². The molecule has 5 heterocycles. The van der Waals surface area contributed by atoms with Gasteiger partial charge >= 0.3 is 0 Å². The van der Waals surface area contributed by atoms with E-state index in [0.717, 1.165) is 42.5 Å². The predicted octanol–water partition coefficient (Wildman–Crippen LogP) is 5.06. The molecule has 4 aliphatic rings. The molecule has 0 N–H and O–H groups in total. The molecular weight excluding hydrogens is 413 g/mol. The Bertz CT molecular complexity index is 1090. The molecular formula is C24H27ClFN5. The Balaban J connectivity index is 1.13. The Labute approximate surface area is 186 Å². The second-order valence-corrected chi connectivity index (χ2v) is 9.71. The molecule has 5 nitrogen and oxygen atoms in total. The zero-order valence-corrected chi connectivity index (χ0v) is 18.3. The number of hydrogen-bond donors (Lipinski definition) is 0. The first-order valence-electron chi connectivity index (χ1n) is 11.4.